The van der Waals surface area contributed by atoms with Crippen LogP contribution in [0, 0.1) is 0 Å². The average Bonchev–Trinajstić information content (AvgIpc) is 2.93. The van der Waals surface area contributed by atoms with Gasteiger partial charge in [0.2, 0.25) is 0 Å². The van der Waals surface area contributed by atoms with Crippen LogP contribution in [0.5, 0.6) is 0 Å². The molecule has 1 aliphatic rings. The van der Waals surface area contributed by atoms with Gasteiger partial charge in [-0.2, -0.15) is 0 Å². The lowest BCUT2D eigenvalue weighted by atomic mass is 9.93. The van der Waals surface area contributed by atoms with Gasteiger partial charge in [0.25, 0.3) is 0 Å². The topological polar surface area (TPSA) is 0 Å². The zero-order chi connectivity index (χ0) is 13.5. The molecule has 20 heavy (non-hydrogen) atoms. The third-order valence-corrected chi connectivity index (χ3v) is 4.12. The Bertz CT molecular complexity index is 879. The Morgan fingerprint density at radius 2 is 1.50 bits per heavy atom. The Hall–Kier alpha value is -2.34. The maximum absolute atomic E-state index is 2.34. The number of hydrogen-bond donors (Lipinski definition) is 0. The van der Waals surface area contributed by atoms with Crippen LogP contribution in [-0.4, -0.2) is 0 Å². The minimum atomic E-state index is 1.08. The summed E-state index contributed by atoms with van der Waals surface area (Å²) in [5, 5.41) is 5.36. The molecule has 0 atom stereocenters. The van der Waals surface area contributed by atoms with Crippen molar-refractivity contribution in [2.75, 3.05) is 0 Å². The minimum absolute atomic E-state index is 1.08. The molecule has 0 aromatic heterocycles. The zero-order valence-corrected chi connectivity index (χ0v) is 11.6. The van der Waals surface area contributed by atoms with Crippen LogP contribution in [0.1, 0.15) is 18.9 Å². The molecule has 0 amide bonds. The number of rotatable bonds is 1. The first-order valence-electron chi connectivity index (χ1n) is 7.11. The number of benzene rings is 3. The van der Waals surface area contributed by atoms with Crippen LogP contribution in [0.2, 0.25) is 0 Å². The highest BCUT2D eigenvalue weighted by Gasteiger charge is 2.11. The normalized spacial score (nSPS) is 14.7. The quantitative estimate of drug-likeness (QED) is 0.488. The van der Waals surface area contributed by atoms with Gasteiger partial charge in [-0.3, -0.25) is 0 Å². The molecule has 0 N–H and O–H groups in total. The molecule has 3 aromatic rings. The van der Waals surface area contributed by atoms with Crippen molar-refractivity contribution < 1.29 is 0 Å². The van der Waals surface area contributed by atoms with Crippen molar-refractivity contribution >= 4 is 27.1 Å². The lowest BCUT2D eigenvalue weighted by Crippen LogP contribution is -1.86. The average molecular weight is 256 g/mol. The summed E-state index contributed by atoms with van der Waals surface area (Å²) in [6.07, 6.45) is 5.74. The van der Waals surface area contributed by atoms with Crippen molar-refractivity contribution in [2.24, 2.45) is 0 Å². The molecular formula is C20H16. The summed E-state index contributed by atoms with van der Waals surface area (Å²) in [6, 6.07) is 19.7. The van der Waals surface area contributed by atoms with Crippen LogP contribution >= 0.6 is 0 Å². The molecular weight excluding hydrogens is 240 g/mol. The van der Waals surface area contributed by atoms with Gasteiger partial charge in [-0.15, -0.1) is 0 Å². The van der Waals surface area contributed by atoms with Gasteiger partial charge in [-0.25, -0.2) is 0 Å². The van der Waals surface area contributed by atoms with E-state index in [1.807, 2.05) is 0 Å². The number of allylic oxidation sites excluding steroid dienone is 4. The predicted octanol–water partition coefficient (Wildman–Crippen LogP) is 5.73. The van der Waals surface area contributed by atoms with E-state index in [1.54, 1.807) is 0 Å². The third kappa shape index (κ3) is 1.69. The zero-order valence-electron chi connectivity index (χ0n) is 11.6. The van der Waals surface area contributed by atoms with E-state index in [4.69, 9.17) is 0 Å². The fourth-order valence-corrected chi connectivity index (χ4v) is 3.14. The highest BCUT2D eigenvalue weighted by Crippen LogP contribution is 2.35. The highest BCUT2D eigenvalue weighted by atomic mass is 14.1. The van der Waals surface area contributed by atoms with Gasteiger partial charge < -0.3 is 0 Å². The summed E-state index contributed by atoms with van der Waals surface area (Å²) in [5.74, 6) is 0. The first kappa shape index (κ1) is 11.5. The molecule has 0 aliphatic heterocycles. The summed E-state index contributed by atoms with van der Waals surface area (Å²) >= 11 is 0. The fourth-order valence-electron chi connectivity index (χ4n) is 3.14. The van der Waals surface area contributed by atoms with Gasteiger partial charge in [-0.05, 0) is 52.1 Å². The van der Waals surface area contributed by atoms with Gasteiger partial charge in [-0.1, -0.05) is 66.3 Å². The van der Waals surface area contributed by atoms with E-state index in [2.05, 4.69) is 73.7 Å². The summed E-state index contributed by atoms with van der Waals surface area (Å²) in [5.41, 5.74) is 4.16. The molecule has 0 heteroatoms. The predicted molar refractivity (Wildman–Crippen MR) is 87.8 cm³/mol. The largest absolute Gasteiger partial charge is 0.0726 e. The Balaban J connectivity index is 2.14. The SMILES string of the molecule is CC1=CC(c2cc3ccccc3c3ccccc23)=CC1. The number of hydrogen-bond acceptors (Lipinski definition) is 0. The minimum Gasteiger partial charge on any atom is -0.0726 e. The Labute approximate surface area is 119 Å². The smallest absolute Gasteiger partial charge is 0.00991 e. The molecule has 96 valence electrons. The molecule has 0 fully saturated rings. The molecule has 0 bridgehead atoms. The maximum Gasteiger partial charge on any atom is -0.00991 e. The Kier molecular flexibility index (Phi) is 2.50. The van der Waals surface area contributed by atoms with Crippen molar-refractivity contribution in [3.63, 3.8) is 0 Å². The van der Waals surface area contributed by atoms with Gasteiger partial charge >= 0.3 is 0 Å². The van der Waals surface area contributed by atoms with Gasteiger partial charge in [0.1, 0.15) is 0 Å². The van der Waals surface area contributed by atoms with Crippen molar-refractivity contribution in [2.45, 2.75) is 13.3 Å². The lowest BCUT2D eigenvalue weighted by molar-refractivity contribution is 1.25. The van der Waals surface area contributed by atoms with Crippen LogP contribution in [0.3, 0.4) is 0 Å². The van der Waals surface area contributed by atoms with Crippen LogP contribution in [0.25, 0.3) is 27.1 Å². The molecule has 3 aromatic carbocycles. The highest BCUT2D eigenvalue weighted by molar-refractivity contribution is 6.12. The molecule has 4 rings (SSSR count). The van der Waals surface area contributed by atoms with Crippen molar-refractivity contribution in [3.05, 3.63) is 77.9 Å². The Morgan fingerprint density at radius 1 is 0.800 bits per heavy atom. The van der Waals surface area contributed by atoms with Gasteiger partial charge in [0.15, 0.2) is 0 Å². The molecule has 0 unspecified atom stereocenters. The summed E-state index contributed by atoms with van der Waals surface area (Å²) in [4.78, 5) is 0. The fraction of sp³-hybridized carbons (Fsp3) is 0.100. The summed E-state index contributed by atoms with van der Waals surface area (Å²) < 4.78 is 0. The van der Waals surface area contributed by atoms with Crippen LogP contribution < -0.4 is 0 Å². The second kappa shape index (κ2) is 4.35. The second-order valence-corrected chi connectivity index (χ2v) is 5.55. The van der Waals surface area contributed by atoms with Gasteiger partial charge in [0.05, 0.1) is 0 Å². The maximum atomic E-state index is 2.34. The van der Waals surface area contributed by atoms with Crippen LogP contribution in [0.4, 0.5) is 0 Å². The number of fused-ring (bicyclic) bond motifs is 3. The lowest BCUT2D eigenvalue weighted by Gasteiger charge is -2.10. The molecule has 0 heterocycles. The second-order valence-electron chi connectivity index (χ2n) is 5.55. The molecule has 0 spiro atoms. The van der Waals surface area contributed by atoms with E-state index in [1.165, 1.54) is 38.3 Å². The Morgan fingerprint density at radius 3 is 2.25 bits per heavy atom. The van der Waals surface area contributed by atoms with E-state index in [-0.39, 0.29) is 0 Å². The monoisotopic (exact) mass is 256 g/mol. The summed E-state index contributed by atoms with van der Waals surface area (Å²) in [6.45, 7) is 2.20. The van der Waals surface area contributed by atoms with Crippen LogP contribution in [-0.2, 0) is 0 Å². The van der Waals surface area contributed by atoms with Crippen molar-refractivity contribution in [1.82, 2.24) is 0 Å². The standard InChI is InChI=1S/C20H16/c1-14-10-11-16(12-14)20-13-15-6-2-3-7-17(15)18-8-4-5-9-19(18)20/h2-9,11-13H,10H2,1H3. The van der Waals surface area contributed by atoms with E-state index in [0.717, 1.165) is 6.42 Å². The van der Waals surface area contributed by atoms with Crippen molar-refractivity contribution in [1.29, 1.82) is 0 Å². The molecule has 1 aliphatic carbocycles. The van der Waals surface area contributed by atoms with E-state index in [9.17, 15) is 0 Å². The molecule has 0 saturated carbocycles. The first-order chi connectivity index (χ1) is 9.83. The molecule has 0 saturated heterocycles. The molecule has 0 nitrogen and oxygen atoms in total. The van der Waals surface area contributed by atoms with Crippen molar-refractivity contribution in [3.8, 4) is 0 Å². The first-order valence-corrected chi connectivity index (χ1v) is 7.11. The third-order valence-electron chi connectivity index (χ3n) is 4.12. The van der Waals surface area contributed by atoms with E-state index >= 15 is 0 Å². The van der Waals surface area contributed by atoms with E-state index in [0.29, 0.717) is 0 Å². The molecule has 0 radical (unpaired) electrons. The van der Waals surface area contributed by atoms with Crippen LogP contribution in [0.15, 0.2) is 72.3 Å². The van der Waals surface area contributed by atoms with Gasteiger partial charge in [0, 0.05) is 0 Å². The summed E-state index contributed by atoms with van der Waals surface area (Å²) in [7, 11) is 0. The van der Waals surface area contributed by atoms with E-state index < -0.39 is 0 Å².